The van der Waals surface area contributed by atoms with E-state index in [-0.39, 0.29) is 24.3 Å². The molecule has 1 aliphatic carbocycles. The van der Waals surface area contributed by atoms with E-state index in [0.29, 0.717) is 22.7 Å². The Kier molecular flexibility index (Phi) is 3.98. The van der Waals surface area contributed by atoms with E-state index in [2.05, 4.69) is 31.0 Å². The van der Waals surface area contributed by atoms with Crippen LogP contribution in [0.4, 0.5) is 20.7 Å². The van der Waals surface area contributed by atoms with Crippen LogP contribution in [-0.2, 0) is 9.59 Å². The fourth-order valence-corrected chi connectivity index (χ4v) is 2.56. The molecule has 1 aliphatic heterocycles. The Morgan fingerprint density at radius 1 is 1.35 bits per heavy atom. The number of alkyl halides is 2. The maximum Gasteiger partial charge on any atom is 0.255 e. The molecule has 0 radical (unpaired) electrons. The molecule has 2 amide bonds. The van der Waals surface area contributed by atoms with Gasteiger partial charge in [0.2, 0.25) is 17.8 Å². The van der Waals surface area contributed by atoms with Gasteiger partial charge in [-0.05, 0) is 18.9 Å². The number of nitrogens with zero attached hydrogens (tertiary/aromatic N) is 4. The first-order valence-corrected chi connectivity index (χ1v) is 8.08. The molecule has 1 saturated carbocycles. The molecule has 2 fully saturated rings. The summed E-state index contributed by atoms with van der Waals surface area (Å²) in [5.41, 5.74) is 1.13. The van der Waals surface area contributed by atoms with Crippen molar-refractivity contribution < 1.29 is 18.4 Å². The Hall–Kier alpha value is -3.11. The van der Waals surface area contributed by atoms with Gasteiger partial charge in [-0.15, -0.1) is 0 Å². The predicted octanol–water partition coefficient (Wildman–Crippen LogP) is 0.805. The summed E-state index contributed by atoms with van der Waals surface area (Å²) in [5.74, 6) is -0.419. The van der Waals surface area contributed by atoms with Crippen LogP contribution in [0.5, 0.6) is 0 Å². The molecule has 0 atom stereocenters. The van der Waals surface area contributed by atoms with Crippen LogP contribution in [0.1, 0.15) is 24.8 Å². The molecule has 0 unspecified atom stereocenters. The lowest BCUT2D eigenvalue weighted by atomic mass is 10.1. The molecule has 11 heteroatoms. The van der Waals surface area contributed by atoms with Gasteiger partial charge in [0.05, 0.1) is 19.2 Å². The molecule has 2 aromatic rings. The lowest BCUT2D eigenvalue weighted by molar-refractivity contribution is -0.124. The van der Waals surface area contributed by atoms with Crippen LogP contribution >= 0.6 is 0 Å². The third-order valence-electron chi connectivity index (χ3n) is 3.95. The normalized spacial score (nSPS) is 18.8. The summed E-state index contributed by atoms with van der Waals surface area (Å²) < 4.78 is 26.4. The summed E-state index contributed by atoms with van der Waals surface area (Å²) >= 11 is 0. The van der Waals surface area contributed by atoms with Gasteiger partial charge in [0.15, 0.2) is 5.65 Å². The molecule has 26 heavy (non-hydrogen) atoms. The monoisotopic (exact) mass is 363 g/mol. The standard InChI is InChI=1S/C15H15F2N7O2/c16-10(17)6-18-14-22-12-8(3-7-4-11(25)21-13(7)26)5-19-24(12)15(23-14)20-9-1-2-9/h3,5,9-10H,1-2,4,6H2,(H,21,25,26)(H2,18,20,22,23)/b7-3+. The number of rotatable bonds is 6. The second-order valence-corrected chi connectivity index (χ2v) is 6.12. The minimum atomic E-state index is -2.55. The minimum Gasteiger partial charge on any atom is -0.351 e. The topological polar surface area (TPSA) is 113 Å². The van der Waals surface area contributed by atoms with Gasteiger partial charge in [0.25, 0.3) is 12.3 Å². The number of hydrogen-bond acceptors (Lipinski definition) is 7. The van der Waals surface area contributed by atoms with E-state index in [1.54, 1.807) is 0 Å². The van der Waals surface area contributed by atoms with Crippen LogP contribution in [0.3, 0.4) is 0 Å². The Labute approximate surface area is 145 Å². The van der Waals surface area contributed by atoms with Crippen molar-refractivity contribution in [1.82, 2.24) is 24.9 Å². The largest absolute Gasteiger partial charge is 0.351 e. The molecule has 2 aromatic heterocycles. The van der Waals surface area contributed by atoms with Gasteiger partial charge < -0.3 is 10.6 Å². The van der Waals surface area contributed by atoms with E-state index >= 15 is 0 Å². The van der Waals surface area contributed by atoms with Gasteiger partial charge >= 0.3 is 0 Å². The highest BCUT2D eigenvalue weighted by molar-refractivity contribution is 6.15. The molecular weight excluding hydrogens is 348 g/mol. The number of aromatic nitrogens is 4. The van der Waals surface area contributed by atoms with Crippen molar-refractivity contribution in [3.8, 4) is 0 Å². The van der Waals surface area contributed by atoms with Crippen LogP contribution in [-0.4, -0.2) is 50.4 Å². The van der Waals surface area contributed by atoms with E-state index < -0.39 is 18.9 Å². The number of halogens is 2. The number of nitrogens with one attached hydrogen (secondary N) is 3. The average molecular weight is 363 g/mol. The van der Waals surface area contributed by atoms with Crippen LogP contribution in [0, 0.1) is 0 Å². The first-order valence-electron chi connectivity index (χ1n) is 8.08. The molecule has 3 N–H and O–H groups in total. The van der Waals surface area contributed by atoms with E-state index in [0.717, 1.165) is 12.8 Å². The zero-order valence-corrected chi connectivity index (χ0v) is 13.5. The zero-order chi connectivity index (χ0) is 18.3. The number of anilines is 2. The fraction of sp³-hybridized carbons (Fsp3) is 0.400. The van der Waals surface area contributed by atoms with Crippen molar-refractivity contribution in [1.29, 1.82) is 0 Å². The molecule has 0 bridgehead atoms. The number of hydrogen-bond donors (Lipinski definition) is 3. The van der Waals surface area contributed by atoms with E-state index in [9.17, 15) is 18.4 Å². The quantitative estimate of drug-likeness (QED) is 0.514. The van der Waals surface area contributed by atoms with Crippen molar-refractivity contribution in [3.05, 3.63) is 17.3 Å². The number of amides is 2. The van der Waals surface area contributed by atoms with Gasteiger partial charge in [-0.2, -0.15) is 19.6 Å². The summed E-state index contributed by atoms with van der Waals surface area (Å²) in [6.45, 7) is -0.583. The smallest absolute Gasteiger partial charge is 0.255 e. The second kappa shape index (κ2) is 6.32. The Morgan fingerprint density at radius 2 is 2.15 bits per heavy atom. The molecule has 0 aromatic carbocycles. The van der Waals surface area contributed by atoms with Crippen molar-refractivity contribution in [2.75, 3.05) is 17.2 Å². The molecule has 136 valence electrons. The Morgan fingerprint density at radius 3 is 2.81 bits per heavy atom. The summed E-state index contributed by atoms with van der Waals surface area (Å²) in [7, 11) is 0. The molecular formula is C15H15F2N7O2. The molecule has 4 rings (SSSR count). The van der Waals surface area contributed by atoms with Crippen molar-refractivity contribution in [3.63, 3.8) is 0 Å². The molecule has 3 heterocycles. The third kappa shape index (κ3) is 3.32. The summed E-state index contributed by atoms with van der Waals surface area (Å²) in [6, 6.07) is 0.264. The van der Waals surface area contributed by atoms with Crippen molar-refractivity contribution in [2.24, 2.45) is 0 Å². The lowest BCUT2D eigenvalue weighted by Gasteiger charge is -2.10. The van der Waals surface area contributed by atoms with Crippen LogP contribution in [0.2, 0.25) is 0 Å². The highest BCUT2D eigenvalue weighted by atomic mass is 19.3. The van der Waals surface area contributed by atoms with Gasteiger partial charge in [-0.25, -0.2) is 8.78 Å². The van der Waals surface area contributed by atoms with Gasteiger partial charge in [0.1, 0.15) is 0 Å². The second-order valence-electron chi connectivity index (χ2n) is 6.12. The van der Waals surface area contributed by atoms with Gasteiger partial charge in [-0.1, -0.05) is 0 Å². The summed E-state index contributed by atoms with van der Waals surface area (Å²) in [5, 5.41) is 12.1. The molecule has 2 aliphatic rings. The summed E-state index contributed by atoms with van der Waals surface area (Å²) in [6.07, 6.45) is 2.42. The minimum absolute atomic E-state index is 0.0229. The third-order valence-corrected chi connectivity index (χ3v) is 3.95. The van der Waals surface area contributed by atoms with Crippen molar-refractivity contribution >= 4 is 35.4 Å². The number of fused-ring (bicyclic) bond motifs is 1. The van der Waals surface area contributed by atoms with E-state index in [4.69, 9.17) is 0 Å². The SMILES string of the molecule is O=C1C/C(=C\c2cnn3c(NC4CC4)nc(NCC(F)F)nc23)C(=O)N1. The fourth-order valence-electron chi connectivity index (χ4n) is 2.56. The average Bonchev–Trinajstić information content (AvgIpc) is 3.22. The number of imide groups is 1. The van der Waals surface area contributed by atoms with Gasteiger partial charge in [0, 0.05) is 17.2 Å². The van der Waals surface area contributed by atoms with E-state index in [1.807, 2.05) is 0 Å². The maximum absolute atomic E-state index is 12.5. The molecule has 9 nitrogen and oxygen atoms in total. The zero-order valence-electron chi connectivity index (χ0n) is 13.5. The number of carbonyl (C=O) groups excluding carboxylic acids is 2. The predicted molar refractivity (Wildman–Crippen MR) is 87.7 cm³/mol. The number of carbonyl (C=O) groups is 2. The lowest BCUT2D eigenvalue weighted by Crippen LogP contribution is -2.19. The molecule has 1 saturated heterocycles. The van der Waals surface area contributed by atoms with Crippen molar-refractivity contribution in [2.45, 2.75) is 31.7 Å². The maximum atomic E-state index is 12.5. The first kappa shape index (κ1) is 16.4. The Balaban J connectivity index is 1.74. The Bertz CT molecular complexity index is 920. The first-order chi connectivity index (χ1) is 12.5. The van der Waals surface area contributed by atoms with Crippen LogP contribution < -0.4 is 16.0 Å². The van der Waals surface area contributed by atoms with Gasteiger partial charge in [-0.3, -0.25) is 14.9 Å². The van der Waals surface area contributed by atoms with Crippen LogP contribution in [0.15, 0.2) is 11.8 Å². The highest BCUT2D eigenvalue weighted by Gasteiger charge is 2.26. The molecule has 0 spiro atoms. The van der Waals surface area contributed by atoms with Crippen LogP contribution in [0.25, 0.3) is 11.7 Å². The van der Waals surface area contributed by atoms with E-state index in [1.165, 1.54) is 16.8 Å². The summed E-state index contributed by atoms with van der Waals surface area (Å²) in [4.78, 5) is 31.5. The highest BCUT2D eigenvalue weighted by Crippen LogP contribution is 2.26.